The van der Waals surface area contributed by atoms with Gasteiger partial charge in [0.25, 0.3) is 12.1 Å². The largest absolute Gasteiger partial charge is 0.402 e. The lowest BCUT2D eigenvalue weighted by molar-refractivity contribution is -0.419. The monoisotopic (exact) mass is 259 g/mol. The van der Waals surface area contributed by atoms with E-state index in [1.807, 2.05) is 0 Å². The quantitative estimate of drug-likeness (QED) is 0.344. The highest BCUT2D eigenvalue weighted by atomic mass is 19.3. The Bertz CT molecular complexity index is 409. The molecular weight excluding hydrogens is 244 g/mol. The van der Waals surface area contributed by atoms with Crippen LogP contribution in [0.5, 0.6) is 0 Å². The molecular formula is C11H15F2N3O2. The van der Waals surface area contributed by atoms with Gasteiger partial charge in [-0.25, -0.2) is 8.78 Å². The van der Waals surface area contributed by atoms with Crippen LogP contribution in [-0.4, -0.2) is 24.1 Å². The first-order valence-electron chi connectivity index (χ1n) is 5.08. The van der Waals surface area contributed by atoms with Gasteiger partial charge < -0.3 is 5.73 Å². The molecule has 0 aromatic carbocycles. The number of halogens is 2. The predicted octanol–water partition coefficient (Wildman–Crippen LogP) is 2.29. The number of nitro groups is 1. The Labute approximate surface area is 104 Å². The van der Waals surface area contributed by atoms with E-state index in [9.17, 15) is 18.9 Å². The van der Waals surface area contributed by atoms with Gasteiger partial charge in [0.2, 0.25) is 0 Å². The Morgan fingerprint density at radius 1 is 1.50 bits per heavy atom. The maximum atomic E-state index is 11.7. The van der Waals surface area contributed by atoms with Crippen LogP contribution in [0.3, 0.4) is 0 Å². The molecule has 100 valence electrons. The molecule has 0 rings (SSSR count). The van der Waals surface area contributed by atoms with E-state index in [4.69, 9.17) is 5.73 Å². The van der Waals surface area contributed by atoms with Gasteiger partial charge in [-0.2, -0.15) is 0 Å². The van der Waals surface area contributed by atoms with Gasteiger partial charge in [0.15, 0.2) is 0 Å². The first-order chi connectivity index (χ1) is 8.34. The smallest absolute Gasteiger partial charge is 0.269 e. The molecule has 0 unspecified atom stereocenters. The molecule has 18 heavy (non-hydrogen) atoms. The number of alkyl halides is 2. The zero-order chi connectivity index (χ0) is 14.1. The lowest BCUT2D eigenvalue weighted by atomic mass is 10.2. The third-order valence-electron chi connectivity index (χ3n) is 1.90. The van der Waals surface area contributed by atoms with Crippen LogP contribution in [0.2, 0.25) is 0 Å². The van der Waals surface area contributed by atoms with E-state index in [-0.39, 0.29) is 5.70 Å². The fourth-order valence-electron chi connectivity index (χ4n) is 0.840. The van der Waals surface area contributed by atoms with E-state index in [0.29, 0.717) is 11.3 Å². The van der Waals surface area contributed by atoms with Gasteiger partial charge in [-0.1, -0.05) is 0 Å². The van der Waals surface area contributed by atoms with Crippen molar-refractivity contribution in [3.8, 4) is 0 Å². The third kappa shape index (κ3) is 7.26. The summed E-state index contributed by atoms with van der Waals surface area (Å²) in [6.07, 6.45) is 2.27. The molecule has 5 nitrogen and oxygen atoms in total. The zero-order valence-corrected chi connectivity index (χ0v) is 10.1. The molecule has 0 radical (unpaired) electrons. The van der Waals surface area contributed by atoms with Crippen LogP contribution in [-0.2, 0) is 0 Å². The fraction of sp³-hybridized carbons (Fsp3) is 0.364. The molecule has 0 aromatic heterocycles. The number of hydrogen-bond acceptors (Lipinski definition) is 4. The minimum atomic E-state index is -2.52. The van der Waals surface area contributed by atoms with E-state index in [2.05, 4.69) is 4.99 Å². The molecule has 0 atom stereocenters. The molecule has 7 heteroatoms. The van der Waals surface area contributed by atoms with Crippen LogP contribution in [0.1, 0.15) is 13.8 Å². The van der Waals surface area contributed by atoms with Crippen LogP contribution < -0.4 is 5.73 Å². The van der Waals surface area contributed by atoms with Crippen LogP contribution in [0.15, 0.2) is 40.2 Å². The summed E-state index contributed by atoms with van der Waals surface area (Å²) in [4.78, 5) is 13.5. The highest BCUT2D eigenvalue weighted by molar-refractivity contribution is 5.71. The average molecular weight is 259 g/mol. The van der Waals surface area contributed by atoms with Crippen molar-refractivity contribution in [2.24, 2.45) is 10.7 Å². The summed E-state index contributed by atoms with van der Waals surface area (Å²) in [5.41, 5.74) is 6.31. The molecule has 0 amide bonds. The van der Waals surface area contributed by atoms with E-state index in [1.165, 1.54) is 18.2 Å². The Balaban J connectivity index is 4.76. The molecule has 0 aliphatic rings. The Morgan fingerprint density at radius 3 is 2.56 bits per heavy atom. The SMILES string of the molecule is CC(N)=C(C)C=C(C=CC=NCC(F)F)[N+](=O)[O-]. The summed E-state index contributed by atoms with van der Waals surface area (Å²) in [5.74, 6) is 0. The number of aliphatic imine (C=N–C) groups is 1. The van der Waals surface area contributed by atoms with E-state index in [1.54, 1.807) is 13.8 Å². The first-order valence-corrected chi connectivity index (χ1v) is 5.08. The van der Waals surface area contributed by atoms with Crippen LogP contribution in [0, 0.1) is 10.1 Å². The number of allylic oxidation sites excluding steroid dienone is 5. The van der Waals surface area contributed by atoms with Crippen molar-refractivity contribution < 1.29 is 13.7 Å². The number of nitrogens with zero attached hydrogens (tertiary/aromatic N) is 2. The minimum Gasteiger partial charge on any atom is -0.402 e. The predicted molar refractivity (Wildman–Crippen MR) is 66.1 cm³/mol. The molecule has 0 spiro atoms. The molecule has 0 fully saturated rings. The molecule has 0 saturated heterocycles. The Kier molecular flexibility index (Phi) is 7.18. The van der Waals surface area contributed by atoms with Crippen LogP contribution >= 0.6 is 0 Å². The van der Waals surface area contributed by atoms with Crippen molar-refractivity contribution in [1.29, 1.82) is 0 Å². The summed E-state index contributed by atoms with van der Waals surface area (Å²) in [5, 5.41) is 10.7. The first kappa shape index (κ1) is 16.0. The number of hydrogen-bond donors (Lipinski definition) is 1. The van der Waals surface area contributed by atoms with Crippen LogP contribution in [0.25, 0.3) is 0 Å². The van der Waals surface area contributed by atoms with Crippen LogP contribution in [0.4, 0.5) is 8.78 Å². The second-order valence-corrected chi connectivity index (χ2v) is 3.46. The highest BCUT2D eigenvalue weighted by Gasteiger charge is 2.05. The summed E-state index contributed by atoms with van der Waals surface area (Å²) in [6, 6.07) is 0. The van der Waals surface area contributed by atoms with E-state index < -0.39 is 17.9 Å². The molecule has 0 bridgehead atoms. The summed E-state index contributed by atoms with van der Waals surface area (Å²) < 4.78 is 23.5. The van der Waals surface area contributed by atoms with Crippen molar-refractivity contribution >= 4 is 6.21 Å². The lowest BCUT2D eigenvalue weighted by Crippen LogP contribution is -1.99. The normalized spacial score (nSPS) is 14.6. The van der Waals surface area contributed by atoms with Gasteiger partial charge in [-0.15, -0.1) is 0 Å². The van der Waals surface area contributed by atoms with Gasteiger partial charge in [-0.05, 0) is 25.5 Å². The highest BCUT2D eigenvalue weighted by Crippen LogP contribution is 2.06. The standard InChI is InChI=1S/C11H15F2N3O2/c1-8(9(2)14)6-10(16(17)18)4-3-5-15-7-11(12)13/h3-6,11H,7,14H2,1-2H3. The van der Waals surface area contributed by atoms with Gasteiger partial charge >= 0.3 is 0 Å². The lowest BCUT2D eigenvalue weighted by Gasteiger charge is -1.96. The fourth-order valence-corrected chi connectivity index (χ4v) is 0.840. The summed E-state index contributed by atoms with van der Waals surface area (Å²) in [6.45, 7) is 2.64. The zero-order valence-electron chi connectivity index (χ0n) is 10.1. The topological polar surface area (TPSA) is 81.5 Å². The second-order valence-electron chi connectivity index (χ2n) is 3.46. The summed E-state index contributed by atoms with van der Waals surface area (Å²) >= 11 is 0. The maximum Gasteiger partial charge on any atom is 0.269 e. The third-order valence-corrected chi connectivity index (χ3v) is 1.90. The molecule has 0 aliphatic heterocycles. The number of nitrogens with two attached hydrogens (primary N) is 1. The van der Waals surface area contributed by atoms with Crippen molar-refractivity contribution in [2.45, 2.75) is 20.3 Å². The molecule has 2 N–H and O–H groups in total. The van der Waals surface area contributed by atoms with Crippen molar-refractivity contribution in [2.75, 3.05) is 6.54 Å². The second kappa shape index (κ2) is 8.10. The van der Waals surface area contributed by atoms with Crippen molar-refractivity contribution in [3.05, 3.63) is 45.3 Å². The van der Waals surface area contributed by atoms with Crippen molar-refractivity contribution in [1.82, 2.24) is 0 Å². The van der Waals surface area contributed by atoms with E-state index >= 15 is 0 Å². The summed E-state index contributed by atoms with van der Waals surface area (Å²) in [7, 11) is 0. The van der Waals surface area contributed by atoms with Gasteiger partial charge in [0.1, 0.15) is 0 Å². The van der Waals surface area contributed by atoms with E-state index in [0.717, 1.165) is 6.21 Å². The maximum absolute atomic E-state index is 11.7. The average Bonchev–Trinajstić information content (AvgIpc) is 2.25. The minimum absolute atomic E-state index is 0.194. The Hall–Kier alpha value is -2.05. The van der Waals surface area contributed by atoms with Crippen molar-refractivity contribution in [3.63, 3.8) is 0 Å². The molecule has 0 saturated carbocycles. The van der Waals surface area contributed by atoms with Gasteiger partial charge in [-0.3, -0.25) is 15.1 Å². The van der Waals surface area contributed by atoms with Gasteiger partial charge in [0, 0.05) is 24.1 Å². The molecule has 0 aromatic rings. The molecule has 0 aliphatic carbocycles. The Morgan fingerprint density at radius 2 is 2.11 bits per heavy atom. The van der Waals surface area contributed by atoms with Gasteiger partial charge in [0.05, 0.1) is 11.5 Å². The molecule has 0 heterocycles. The number of rotatable bonds is 6.